The molecule has 0 saturated carbocycles. The second kappa shape index (κ2) is 5.93. The number of hydrogen-bond acceptors (Lipinski definition) is 3. The minimum atomic E-state index is -1.60. The van der Waals surface area contributed by atoms with Crippen molar-refractivity contribution in [2.75, 3.05) is 13.7 Å². The third kappa shape index (κ3) is 4.17. The van der Waals surface area contributed by atoms with Crippen molar-refractivity contribution in [2.24, 2.45) is 0 Å². The van der Waals surface area contributed by atoms with Crippen LogP contribution in [0.2, 0.25) is 18.1 Å². The molecule has 0 aliphatic heterocycles. The number of rotatable bonds is 6. The van der Waals surface area contributed by atoms with Gasteiger partial charge in [-0.1, -0.05) is 20.8 Å². The summed E-state index contributed by atoms with van der Waals surface area (Å²) in [7, 11) is 0.0480. The molecular formula is C14H26O3Si. The Bertz CT molecular complexity index is 363. The number of furan rings is 1. The summed E-state index contributed by atoms with van der Waals surface area (Å²) in [4.78, 5) is 0. The lowest BCUT2D eigenvalue weighted by Gasteiger charge is -2.36. The predicted octanol–water partition coefficient (Wildman–Crippen LogP) is 4.24. The molecule has 0 N–H and O–H groups in total. The Hall–Kier alpha value is -0.743. The summed E-state index contributed by atoms with van der Waals surface area (Å²) >= 11 is 0. The average Bonchev–Trinajstić information content (AvgIpc) is 2.70. The maximum Gasteiger partial charge on any atom is 0.191 e. The zero-order chi connectivity index (χ0) is 13.8. The van der Waals surface area contributed by atoms with Gasteiger partial charge in [0, 0.05) is 19.1 Å². The smallest absolute Gasteiger partial charge is 0.191 e. The summed E-state index contributed by atoms with van der Waals surface area (Å²) in [6.45, 7) is 12.1. The second-order valence-electron chi connectivity index (χ2n) is 6.17. The van der Waals surface area contributed by atoms with Crippen LogP contribution in [0, 0.1) is 0 Å². The molecule has 0 aromatic carbocycles. The first-order valence-corrected chi connectivity index (χ1v) is 9.42. The van der Waals surface area contributed by atoms with E-state index in [0.717, 1.165) is 31.0 Å². The zero-order valence-electron chi connectivity index (χ0n) is 12.5. The molecule has 0 atom stereocenters. The van der Waals surface area contributed by atoms with Gasteiger partial charge in [0.2, 0.25) is 0 Å². The van der Waals surface area contributed by atoms with Crippen molar-refractivity contribution < 1.29 is 13.6 Å². The van der Waals surface area contributed by atoms with Crippen LogP contribution in [0.1, 0.15) is 33.0 Å². The van der Waals surface area contributed by atoms with E-state index in [2.05, 4.69) is 33.9 Å². The van der Waals surface area contributed by atoms with Crippen molar-refractivity contribution in [3.05, 3.63) is 18.1 Å². The zero-order valence-corrected chi connectivity index (χ0v) is 13.5. The molecular weight excluding hydrogens is 244 g/mol. The van der Waals surface area contributed by atoms with Gasteiger partial charge in [-0.25, -0.2) is 0 Å². The number of ether oxygens (including phenoxy) is 1. The Labute approximate surface area is 112 Å². The van der Waals surface area contributed by atoms with E-state index in [1.54, 1.807) is 13.4 Å². The molecule has 0 aliphatic rings. The third-order valence-corrected chi connectivity index (χ3v) is 8.24. The van der Waals surface area contributed by atoms with Crippen LogP contribution in [-0.4, -0.2) is 22.0 Å². The highest BCUT2D eigenvalue weighted by atomic mass is 28.4. The molecule has 4 heteroatoms. The number of methoxy groups -OCH3 is 1. The van der Waals surface area contributed by atoms with Gasteiger partial charge in [0.1, 0.15) is 12.0 Å². The number of hydrogen-bond donors (Lipinski definition) is 0. The summed E-state index contributed by atoms with van der Waals surface area (Å²) in [5.74, 6) is 1.75. The highest BCUT2D eigenvalue weighted by Gasteiger charge is 2.36. The van der Waals surface area contributed by atoms with Gasteiger partial charge >= 0.3 is 0 Å². The van der Waals surface area contributed by atoms with Gasteiger partial charge in [0.25, 0.3) is 0 Å². The van der Waals surface area contributed by atoms with Crippen LogP contribution in [0.3, 0.4) is 0 Å². The van der Waals surface area contributed by atoms with Crippen LogP contribution in [0.25, 0.3) is 0 Å². The van der Waals surface area contributed by atoms with Gasteiger partial charge < -0.3 is 13.6 Å². The van der Waals surface area contributed by atoms with Crippen LogP contribution in [0.5, 0.6) is 5.75 Å². The highest BCUT2D eigenvalue weighted by Crippen LogP contribution is 2.36. The molecule has 0 spiro atoms. The topological polar surface area (TPSA) is 31.6 Å². The molecule has 18 heavy (non-hydrogen) atoms. The van der Waals surface area contributed by atoms with Crippen molar-refractivity contribution in [3.8, 4) is 5.75 Å². The molecule has 104 valence electrons. The quantitative estimate of drug-likeness (QED) is 0.572. The number of aryl methyl sites for hydroxylation is 1. The normalized spacial score (nSPS) is 12.8. The summed E-state index contributed by atoms with van der Waals surface area (Å²) < 4.78 is 16.6. The van der Waals surface area contributed by atoms with Gasteiger partial charge in [-0.15, -0.1) is 0 Å². The van der Waals surface area contributed by atoms with Crippen molar-refractivity contribution in [1.82, 2.24) is 0 Å². The minimum Gasteiger partial charge on any atom is -0.493 e. The summed E-state index contributed by atoms with van der Waals surface area (Å²) in [5.41, 5.74) is 0. The molecule has 1 rings (SSSR count). The summed E-state index contributed by atoms with van der Waals surface area (Å²) in [6, 6.07) is 1.94. The lowest BCUT2D eigenvalue weighted by atomic mass is 10.2. The van der Waals surface area contributed by atoms with Crippen LogP contribution < -0.4 is 4.74 Å². The molecule has 0 aliphatic carbocycles. The Morgan fingerprint density at radius 3 is 2.44 bits per heavy atom. The Morgan fingerprint density at radius 2 is 1.94 bits per heavy atom. The molecule has 0 radical (unpaired) electrons. The highest BCUT2D eigenvalue weighted by molar-refractivity contribution is 6.74. The van der Waals surface area contributed by atoms with E-state index < -0.39 is 8.32 Å². The fourth-order valence-electron chi connectivity index (χ4n) is 1.39. The average molecular weight is 270 g/mol. The van der Waals surface area contributed by atoms with Gasteiger partial charge in [-0.3, -0.25) is 0 Å². The monoisotopic (exact) mass is 270 g/mol. The Balaban J connectivity index is 2.31. The van der Waals surface area contributed by atoms with Gasteiger partial charge in [-0.05, 0) is 24.6 Å². The lowest BCUT2D eigenvalue weighted by molar-refractivity contribution is 0.279. The standard InChI is InChI=1S/C14H26O3Si/c1-14(2,3)18(5,6)17-9-7-8-12-10-13(15-4)11-16-12/h10-11H,7-9H2,1-6H3. The largest absolute Gasteiger partial charge is 0.493 e. The molecule has 0 bridgehead atoms. The minimum absolute atomic E-state index is 0.279. The van der Waals surface area contributed by atoms with Crippen molar-refractivity contribution in [3.63, 3.8) is 0 Å². The molecule has 0 fully saturated rings. The molecule has 3 nitrogen and oxygen atoms in total. The van der Waals surface area contributed by atoms with E-state index in [1.807, 2.05) is 6.07 Å². The van der Waals surface area contributed by atoms with E-state index in [9.17, 15) is 0 Å². The van der Waals surface area contributed by atoms with Crippen LogP contribution >= 0.6 is 0 Å². The van der Waals surface area contributed by atoms with Gasteiger partial charge in [-0.2, -0.15) is 0 Å². The van der Waals surface area contributed by atoms with Gasteiger partial charge in [0.05, 0.1) is 7.11 Å². The Morgan fingerprint density at radius 1 is 1.28 bits per heavy atom. The molecule has 0 saturated heterocycles. The molecule has 0 unspecified atom stereocenters. The van der Waals surface area contributed by atoms with E-state index >= 15 is 0 Å². The first-order valence-electron chi connectivity index (χ1n) is 6.51. The van der Waals surface area contributed by atoms with Crippen LogP contribution in [0.15, 0.2) is 16.7 Å². The van der Waals surface area contributed by atoms with Crippen molar-refractivity contribution in [2.45, 2.75) is 51.7 Å². The third-order valence-electron chi connectivity index (χ3n) is 3.70. The predicted molar refractivity (Wildman–Crippen MR) is 76.7 cm³/mol. The maximum atomic E-state index is 6.11. The lowest BCUT2D eigenvalue weighted by Crippen LogP contribution is -2.41. The molecule has 0 amide bonds. The van der Waals surface area contributed by atoms with Crippen molar-refractivity contribution in [1.29, 1.82) is 0 Å². The fourth-order valence-corrected chi connectivity index (χ4v) is 2.48. The summed E-state index contributed by atoms with van der Waals surface area (Å²) in [6.07, 6.45) is 3.53. The summed E-state index contributed by atoms with van der Waals surface area (Å²) in [5, 5.41) is 0.279. The van der Waals surface area contributed by atoms with Crippen molar-refractivity contribution >= 4 is 8.32 Å². The van der Waals surface area contributed by atoms with E-state index in [4.69, 9.17) is 13.6 Å². The molecule has 1 heterocycles. The maximum absolute atomic E-state index is 6.11. The van der Waals surface area contributed by atoms with E-state index in [0.29, 0.717) is 0 Å². The SMILES string of the molecule is COc1coc(CCCO[Si](C)(C)C(C)(C)C)c1. The van der Waals surface area contributed by atoms with Crippen LogP contribution in [-0.2, 0) is 10.8 Å². The van der Waals surface area contributed by atoms with Crippen LogP contribution in [0.4, 0.5) is 0 Å². The fraction of sp³-hybridized carbons (Fsp3) is 0.714. The molecule has 1 aromatic heterocycles. The van der Waals surface area contributed by atoms with Gasteiger partial charge in [0.15, 0.2) is 14.1 Å². The van der Waals surface area contributed by atoms with E-state index in [-0.39, 0.29) is 5.04 Å². The Kier molecular flexibility index (Phi) is 5.05. The first kappa shape index (κ1) is 15.3. The second-order valence-corrected chi connectivity index (χ2v) is 11.0. The molecule has 1 aromatic rings. The first-order chi connectivity index (χ1) is 8.26. The van der Waals surface area contributed by atoms with E-state index in [1.165, 1.54) is 0 Å².